The first-order valence-electron chi connectivity index (χ1n) is 6.72. The van der Waals surface area contributed by atoms with Gasteiger partial charge < -0.3 is 10.6 Å². The van der Waals surface area contributed by atoms with Gasteiger partial charge in [-0.2, -0.15) is 0 Å². The number of nitrogens with one attached hydrogen (secondary N) is 2. The van der Waals surface area contributed by atoms with E-state index in [4.69, 9.17) is 0 Å². The zero-order chi connectivity index (χ0) is 11.5. The molecule has 2 aliphatic carbocycles. The Kier molecular flexibility index (Phi) is 3.72. The van der Waals surface area contributed by atoms with Crippen LogP contribution < -0.4 is 10.6 Å². The van der Waals surface area contributed by atoms with Gasteiger partial charge in [-0.3, -0.25) is 0 Å². The summed E-state index contributed by atoms with van der Waals surface area (Å²) in [6.45, 7) is 4.56. The van der Waals surface area contributed by atoms with E-state index in [9.17, 15) is 4.79 Å². The van der Waals surface area contributed by atoms with Gasteiger partial charge in [-0.25, -0.2) is 4.79 Å². The minimum Gasteiger partial charge on any atom is -0.335 e. The Morgan fingerprint density at radius 1 is 1.06 bits per heavy atom. The highest BCUT2D eigenvalue weighted by Crippen LogP contribution is 2.28. The SMILES string of the molecule is CC1CCC(NC(=O)NC2CCC2)C(C)C1. The van der Waals surface area contributed by atoms with Crippen molar-refractivity contribution in [2.75, 3.05) is 0 Å². The van der Waals surface area contributed by atoms with Crippen LogP contribution in [0.15, 0.2) is 0 Å². The molecule has 2 saturated carbocycles. The maximum Gasteiger partial charge on any atom is 0.315 e. The van der Waals surface area contributed by atoms with Crippen LogP contribution in [-0.4, -0.2) is 18.1 Å². The van der Waals surface area contributed by atoms with Gasteiger partial charge in [0, 0.05) is 12.1 Å². The van der Waals surface area contributed by atoms with E-state index in [-0.39, 0.29) is 6.03 Å². The van der Waals surface area contributed by atoms with Gasteiger partial charge in [-0.05, 0) is 50.4 Å². The molecule has 0 aromatic carbocycles. The molecule has 3 atom stereocenters. The van der Waals surface area contributed by atoms with Crippen molar-refractivity contribution < 1.29 is 4.79 Å². The van der Waals surface area contributed by atoms with Crippen molar-refractivity contribution in [1.29, 1.82) is 0 Å². The van der Waals surface area contributed by atoms with E-state index in [1.54, 1.807) is 0 Å². The van der Waals surface area contributed by atoms with E-state index in [1.807, 2.05) is 0 Å². The Bertz CT molecular complexity index is 250. The first-order chi connectivity index (χ1) is 7.65. The Labute approximate surface area is 98.4 Å². The summed E-state index contributed by atoms with van der Waals surface area (Å²) in [5.74, 6) is 1.44. The fourth-order valence-corrected chi connectivity index (χ4v) is 2.83. The number of carbonyl (C=O) groups is 1. The third kappa shape index (κ3) is 2.89. The van der Waals surface area contributed by atoms with Gasteiger partial charge in [0.15, 0.2) is 0 Å². The second-order valence-electron chi connectivity index (χ2n) is 5.75. The maximum absolute atomic E-state index is 11.7. The predicted molar refractivity (Wildman–Crippen MR) is 65.3 cm³/mol. The quantitative estimate of drug-likeness (QED) is 0.744. The molecule has 0 heterocycles. The minimum atomic E-state index is 0.0519. The minimum absolute atomic E-state index is 0.0519. The second kappa shape index (κ2) is 5.07. The average molecular weight is 224 g/mol. The maximum atomic E-state index is 11.7. The molecule has 0 aliphatic heterocycles. The molecule has 2 fully saturated rings. The Morgan fingerprint density at radius 3 is 2.38 bits per heavy atom. The van der Waals surface area contributed by atoms with Crippen LogP contribution in [0.25, 0.3) is 0 Å². The van der Waals surface area contributed by atoms with E-state index in [2.05, 4.69) is 24.5 Å². The van der Waals surface area contributed by atoms with E-state index in [0.717, 1.165) is 25.2 Å². The highest BCUT2D eigenvalue weighted by atomic mass is 16.2. The monoisotopic (exact) mass is 224 g/mol. The number of amides is 2. The number of hydrogen-bond acceptors (Lipinski definition) is 1. The van der Waals surface area contributed by atoms with E-state index in [1.165, 1.54) is 19.3 Å². The summed E-state index contributed by atoms with van der Waals surface area (Å²) >= 11 is 0. The summed E-state index contributed by atoms with van der Waals surface area (Å²) in [4.78, 5) is 11.7. The summed E-state index contributed by atoms with van der Waals surface area (Å²) < 4.78 is 0. The molecule has 2 N–H and O–H groups in total. The highest BCUT2D eigenvalue weighted by molar-refractivity contribution is 5.74. The normalized spacial score (nSPS) is 35.2. The molecule has 2 rings (SSSR count). The molecule has 0 saturated heterocycles. The van der Waals surface area contributed by atoms with Crippen molar-refractivity contribution in [2.45, 2.75) is 64.5 Å². The van der Waals surface area contributed by atoms with Crippen molar-refractivity contribution in [3.8, 4) is 0 Å². The number of carbonyl (C=O) groups excluding carboxylic acids is 1. The Balaban J connectivity index is 1.73. The van der Waals surface area contributed by atoms with Crippen molar-refractivity contribution in [1.82, 2.24) is 10.6 Å². The van der Waals surface area contributed by atoms with E-state index in [0.29, 0.717) is 18.0 Å². The molecule has 16 heavy (non-hydrogen) atoms. The predicted octanol–water partition coefficient (Wildman–Crippen LogP) is 2.66. The zero-order valence-corrected chi connectivity index (χ0v) is 10.5. The molecule has 2 amide bonds. The zero-order valence-electron chi connectivity index (χ0n) is 10.5. The van der Waals surface area contributed by atoms with Crippen LogP contribution in [0.5, 0.6) is 0 Å². The molecule has 0 aromatic rings. The molecule has 0 bridgehead atoms. The van der Waals surface area contributed by atoms with Gasteiger partial charge in [0.05, 0.1) is 0 Å². The molecular formula is C13H24N2O. The van der Waals surface area contributed by atoms with Crippen LogP contribution in [0.1, 0.15) is 52.4 Å². The van der Waals surface area contributed by atoms with Crippen LogP contribution in [0.4, 0.5) is 4.79 Å². The lowest BCUT2D eigenvalue weighted by Gasteiger charge is -2.34. The van der Waals surface area contributed by atoms with Crippen LogP contribution in [0, 0.1) is 11.8 Å². The number of urea groups is 1. The smallest absolute Gasteiger partial charge is 0.315 e. The first kappa shape index (κ1) is 11.7. The van der Waals surface area contributed by atoms with Gasteiger partial charge in [0.25, 0.3) is 0 Å². The van der Waals surface area contributed by atoms with Crippen LogP contribution in [-0.2, 0) is 0 Å². The van der Waals surface area contributed by atoms with Crippen molar-refractivity contribution in [2.24, 2.45) is 11.8 Å². The molecule has 2 aliphatic rings. The Morgan fingerprint density at radius 2 is 1.81 bits per heavy atom. The lowest BCUT2D eigenvalue weighted by molar-refractivity contribution is 0.199. The molecule has 0 radical (unpaired) electrons. The van der Waals surface area contributed by atoms with E-state index < -0.39 is 0 Å². The topological polar surface area (TPSA) is 41.1 Å². The van der Waals surface area contributed by atoms with Gasteiger partial charge in [-0.1, -0.05) is 13.8 Å². The molecule has 3 nitrogen and oxygen atoms in total. The molecule has 3 heteroatoms. The number of rotatable bonds is 2. The largest absolute Gasteiger partial charge is 0.335 e. The second-order valence-corrected chi connectivity index (χ2v) is 5.75. The lowest BCUT2D eigenvalue weighted by atomic mass is 9.80. The fraction of sp³-hybridized carbons (Fsp3) is 0.923. The summed E-state index contributed by atoms with van der Waals surface area (Å²) in [5, 5.41) is 6.18. The van der Waals surface area contributed by atoms with Crippen molar-refractivity contribution in [3.05, 3.63) is 0 Å². The fourth-order valence-electron chi connectivity index (χ4n) is 2.83. The van der Waals surface area contributed by atoms with Crippen molar-refractivity contribution >= 4 is 6.03 Å². The summed E-state index contributed by atoms with van der Waals surface area (Å²) in [7, 11) is 0. The third-order valence-corrected chi connectivity index (χ3v) is 4.19. The third-order valence-electron chi connectivity index (χ3n) is 4.19. The Hall–Kier alpha value is -0.730. The van der Waals surface area contributed by atoms with E-state index >= 15 is 0 Å². The standard InChI is InChI=1S/C13H24N2O/c1-9-6-7-12(10(2)8-9)15-13(16)14-11-4-3-5-11/h9-12H,3-8H2,1-2H3,(H2,14,15,16). The number of hydrogen-bond donors (Lipinski definition) is 2. The van der Waals surface area contributed by atoms with Crippen LogP contribution in [0.3, 0.4) is 0 Å². The molecule has 3 unspecified atom stereocenters. The summed E-state index contributed by atoms with van der Waals surface area (Å²) in [6, 6.07) is 0.880. The molecule has 0 aromatic heterocycles. The van der Waals surface area contributed by atoms with Gasteiger partial charge >= 0.3 is 6.03 Å². The molecular weight excluding hydrogens is 200 g/mol. The molecule has 0 spiro atoms. The highest BCUT2D eigenvalue weighted by Gasteiger charge is 2.27. The lowest BCUT2D eigenvalue weighted by Crippen LogP contribution is -2.51. The first-order valence-corrected chi connectivity index (χ1v) is 6.72. The molecule has 92 valence electrons. The van der Waals surface area contributed by atoms with Crippen molar-refractivity contribution in [3.63, 3.8) is 0 Å². The van der Waals surface area contributed by atoms with Crippen LogP contribution in [0.2, 0.25) is 0 Å². The van der Waals surface area contributed by atoms with Crippen LogP contribution >= 0.6 is 0 Å². The summed E-state index contributed by atoms with van der Waals surface area (Å²) in [6.07, 6.45) is 7.21. The van der Waals surface area contributed by atoms with Gasteiger partial charge in [0.1, 0.15) is 0 Å². The average Bonchev–Trinajstić information content (AvgIpc) is 2.16. The van der Waals surface area contributed by atoms with Gasteiger partial charge in [-0.15, -0.1) is 0 Å². The summed E-state index contributed by atoms with van der Waals surface area (Å²) in [5.41, 5.74) is 0. The van der Waals surface area contributed by atoms with Gasteiger partial charge in [0.2, 0.25) is 0 Å².